The van der Waals surface area contributed by atoms with Gasteiger partial charge in [0.05, 0.1) is 0 Å². The smallest absolute Gasteiger partial charge is 0 e. The van der Waals surface area contributed by atoms with Crippen molar-refractivity contribution in [3.05, 3.63) is 6.92 Å². The molecule has 0 aliphatic rings. The average molecular weight is 202 g/mol. The Hall–Kier alpha value is 1.10. The van der Waals surface area contributed by atoms with Gasteiger partial charge in [-0.25, -0.2) is 0 Å². The van der Waals surface area contributed by atoms with E-state index in [1.165, 1.54) is 6.42 Å². The monoisotopic (exact) mass is 200 g/mol. The fourth-order valence-electron chi connectivity index (χ4n) is 0. The van der Waals surface area contributed by atoms with Gasteiger partial charge in [0.2, 0.25) is 0 Å². The molecule has 0 saturated carbocycles. The molecule has 0 rings (SSSR count). The van der Waals surface area contributed by atoms with Crippen LogP contribution in [0.1, 0.15) is 19.8 Å². The summed E-state index contributed by atoms with van der Waals surface area (Å²) in [7, 11) is 0. The molecule has 0 amide bonds. The van der Waals surface area contributed by atoms with Crippen molar-refractivity contribution < 1.29 is 36.5 Å². The van der Waals surface area contributed by atoms with E-state index in [1.54, 1.807) is 0 Å². The van der Waals surface area contributed by atoms with Crippen LogP contribution in [0.5, 0.6) is 0 Å². The third-order valence-electron chi connectivity index (χ3n) is 0.354. The Balaban J connectivity index is -0.0000000450. The molecule has 0 fully saturated rings. The van der Waals surface area contributed by atoms with Gasteiger partial charge >= 0.3 is 0 Å². The average Bonchev–Trinajstić information content (AvgIpc) is 1.37. The molecule has 1 radical (unpaired) electrons. The molecule has 0 saturated heterocycles. The molecule has 0 atom stereocenters. The van der Waals surface area contributed by atoms with Crippen molar-refractivity contribution in [1.29, 1.82) is 0 Å². The molecule has 0 aromatic rings. The molecule has 0 unspecified atom stereocenters. The van der Waals surface area contributed by atoms with Crippen molar-refractivity contribution >= 4 is 0 Å². The fourth-order valence-corrected chi connectivity index (χ4v) is 0. The second kappa shape index (κ2) is 16.5. The summed E-state index contributed by atoms with van der Waals surface area (Å²) in [5.41, 5.74) is 0. The van der Waals surface area contributed by atoms with Crippen LogP contribution in [-0.2, 0) is 19.5 Å². The van der Waals surface area contributed by atoms with Crippen LogP contribution in [0.4, 0.5) is 0 Å². The van der Waals surface area contributed by atoms with Crippen molar-refractivity contribution in [3.63, 3.8) is 0 Å². The molecule has 35 valence electrons. The van der Waals surface area contributed by atoms with Crippen LogP contribution in [0.2, 0.25) is 0 Å². The summed E-state index contributed by atoms with van der Waals surface area (Å²) in [5.74, 6) is 0. The van der Waals surface area contributed by atoms with E-state index in [2.05, 4.69) is 13.8 Å². The summed E-state index contributed by atoms with van der Waals surface area (Å²) in [6, 6.07) is 0. The summed E-state index contributed by atoms with van der Waals surface area (Å²) >= 11 is 0. The Morgan fingerprint density at radius 3 is 1.67 bits per heavy atom. The van der Waals surface area contributed by atoms with E-state index in [-0.39, 0.29) is 36.5 Å². The van der Waals surface area contributed by atoms with Gasteiger partial charge < -0.3 is 17.0 Å². The van der Waals surface area contributed by atoms with Gasteiger partial charge in [0.15, 0.2) is 0 Å². The van der Waals surface area contributed by atoms with E-state index in [4.69, 9.17) is 0 Å². The topological polar surface area (TPSA) is 0 Å². The predicted molar refractivity (Wildman–Crippen MR) is 20.3 cm³/mol. The zero-order valence-electron chi connectivity index (χ0n) is 4.21. The van der Waals surface area contributed by atoms with Gasteiger partial charge in [-0.3, -0.25) is 0 Å². The maximum atomic E-state index is 3.60. The first-order chi connectivity index (χ1) is 1.91. The van der Waals surface area contributed by atoms with E-state index in [1.807, 2.05) is 0 Å². The number of hydrogen-bond acceptors (Lipinski definition) is 0. The molecule has 0 bridgehead atoms. The molecule has 0 spiro atoms. The molecule has 0 aliphatic carbocycles. The molecule has 0 heterocycles. The van der Waals surface area contributed by atoms with Gasteiger partial charge in [0.25, 0.3) is 0 Å². The van der Waals surface area contributed by atoms with Gasteiger partial charge in [-0.1, -0.05) is 26.7 Å². The normalized spacial score (nSPS) is 5.00. The first-order valence-electron chi connectivity index (χ1n) is 1.71. The minimum Gasteiger partial charge on any atom is -1.00 e. The molecule has 0 N–H and O–H groups in total. The van der Waals surface area contributed by atoms with Crippen LogP contribution >= 0.6 is 0 Å². The summed E-state index contributed by atoms with van der Waals surface area (Å²) in [6.07, 6.45) is 2.28. The summed E-state index contributed by atoms with van der Waals surface area (Å²) in [5, 5.41) is 0. The molecule has 2 heteroatoms. The Kier molecular flexibility index (Phi) is 43.2. The fraction of sp³-hybridized carbons (Fsp3) is 0.750. The van der Waals surface area contributed by atoms with Crippen LogP contribution in [0, 0.1) is 6.92 Å². The van der Waals surface area contributed by atoms with E-state index >= 15 is 0 Å². The van der Waals surface area contributed by atoms with Crippen LogP contribution < -0.4 is 17.0 Å². The standard InChI is InChI=1S/C4H9.BrH.Zn/c1-3-4-2;;/h1,3-4H2,2H3;1H;/p-1. The zero-order chi connectivity index (χ0) is 3.41. The van der Waals surface area contributed by atoms with Crippen molar-refractivity contribution in [1.82, 2.24) is 0 Å². The van der Waals surface area contributed by atoms with Crippen LogP contribution in [-0.4, -0.2) is 0 Å². The third-order valence-corrected chi connectivity index (χ3v) is 0.354. The third kappa shape index (κ3) is 19.4. The summed E-state index contributed by atoms with van der Waals surface area (Å²) in [6.45, 7) is 5.72. The van der Waals surface area contributed by atoms with Gasteiger partial charge in [-0.2, -0.15) is 0 Å². The number of rotatable bonds is 1. The van der Waals surface area contributed by atoms with Gasteiger partial charge in [0, 0.05) is 19.5 Å². The molecule has 0 aliphatic heterocycles. The zero-order valence-corrected chi connectivity index (χ0v) is 8.76. The summed E-state index contributed by atoms with van der Waals surface area (Å²) in [4.78, 5) is 0. The number of unbranched alkanes of at least 4 members (excludes halogenated alkanes) is 1. The van der Waals surface area contributed by atoms with E-state index < -0.39 is 0 Å². The maximum Gasteiger partial charge on any atom is 0 e. The Labute approximate surface area is 63.2 Å². The maximum absolute atomic E-state index is 3.60. The quantitative estimate of drug-likeness (QED) is 0.460. The Morgan fingerprint density at radius 2 is 1.67 bits per heavy atom. The summed E-state index contributed by atoms with van der Waals surface area (Å²) < 4.78 is 0. The SMILES string of the molecule is [Br-].[CH2]CCC.[Zn]. The number of hydrogen-bond donors (Lipinski definition) is 0. The minimum absolute atomic E-state index is 0. The van der Waals surface area contributed by atoms with Gasteiger partial charge in [-0.15, -0.1) is 0 Å². The molecular weight excluding hydrogens is 193 g/mol. The Bertz CT molecular complexity index is 9.51. The van der Waals surface area contributed by atoms with E-state index in [0.29, 0.717) is 0 Å². The minimum atomic E-state index is 0. The van der Waals surface area contributed by atoms with Crippen LogP contribution in [0.15, 0.2) is 0 Å². The van der Waals surface area contributed by atoms with E-state index in [9.17, 15) is 0 Å². The first kappa shape index (κ1) is 15.7. The van der Waals surface area contributed by atoms with Crippen molar-refractivity contribution in [2.24, 2.45) is 0 Å². The first-order valence-corrected chi connectivity index (χ1v) is 1.71. The Morgan fingerprint density at radius 1 is 1.50 bits per heavy atom. The van der Waals surface area contributed by atoms with Gasteiger partial charge in [-0.05, 0) is 0 Å². The van der Waals surface area contributed by atoms with Gasteiger partial charge in [0.1, 0.15) is 0 Å². The predicted octanol–water partition coefficient (Wildman–Crippen LogP) is -1.38. The molecule has 6 heavy (non-hydrogen) atoms. The molecule has 0 aromatic heterocycles. The van der Waals surface area contributed by atoms with Crippen molar-refractivity contribution in [2.75, 3.05) is 0 Å². The second-order valence-corrected chi connectivity index (χ2v) is 0.854. The van der Waals surface area contributed by atoms with Crippen molar-refractivity contribution in [2.45, 2.75) is 19.8 Å². The van der Waals surface area contributed by atoms with Crippen LogP contribution in [0.3, 0.4) is 0 Å². The van der Waals surface area contributed by atoms with Crippen LogP contribution in [0.25, 0.3) is 0 Å². The molecule has 0 aromatic carbocycles. The van der Waals surface area contributed by atoms with Crippen molar-refractivity contribution in [3.8, 4) is 0 Å². The number of halogens is 1. The molecule has 0 nitrogen and oxygen atoms in total. The molecular formula is C4H9BrZn-. The second-order valence-electron chi connectivity index (χ2n) is 0.854. The largest absolute Gasteiger partial charge is 1.00 e. The van der Waals surface area contributed by atoms with E-state index in [0.717, 1.165) is 6.42 Å².